The van der Waals surface area contributed by atoms with Gasteiger partial charge in [0, 0.05) is 49.0 Å². The molecule has 1 atom stereocenters. The van der Waals surface area contributed by atoms with E-state index in [1.54, 1.807) is 0 Å². The van der Waals surface area contributed by atoms with Gasteiger partial charge in [0.15, 0.2) is 0 Å². The van der Waals surface area contributed by atoms with Crippen LogP contribution in [0.1, 0.15) is 104 Å². The van der Waals surface area contributed by atoms with Crippen LogP contribution in [-0.4, -0.2) is 58.8 Å². The molecule has 0 radical (unpaired) electrons. The van der Waals surface area contributed by atoms with Gasteiger partial charge in [-0.2, -0.15) is 0 Å². The zero-order valence-electron chi connectivity index (χ0n) is 26.9. The molecule has 7 heteroatoms. The molecule has 1 N–H and O–H groups in total. The second-order valence-electron chi connectivity index (χ2n) is 12.9. The summed E-state index contributed by atoms with van der Waals surface area (Å²) in [5.74, 6) is 1.01. The number of hydrogen-bond acceptors (Lipinski definition) is 4. The molecule has 6 nitrogen and oxygen atoms in total. The van der Waals surface area contributed by atoms with Crippen LogP contribution in [0.3, 0.4) is 0 Å². The van der Waals surface area contributed by atoms with Crippen molar-refractivity contribution in [3.05, 3.63) is 88.2 Å². The molecule has 2 heterocycles. The Morgan fingerprint density at radius 2 is 1.82 bits per heavy atom. The van der Waals surface area contributed by atoms with E-state index in [1.807, 2.05) is 53.6 Å². The van der Waals surface area contributed by atoms with Crippen molar-refractivity contribution in [2.45, 2.75) is 91.1 Å². The molecule has 1 aromatic carbocycles. The van der Waals surface area contributed by atoms with E-state index in [4.69, 9.17) is 11.6 Å². The zero-order chi connectivity index (χ0) is 31.3. The van der Waals surface area contributed by atoms with Crippen molar-refractivity contribution < 1.29 is 9.59 Å². The first-order chi connectivity index (χ1) is 21.3. The maximum Gasteiger partial charge on any atom is 0.272 e. The topological polar surface area (TPSA) is 65.5 Å². The van der Waals surface area contributed by atoms with Gasteiger partial charge >= 0.3 is 0 Å². The highest BCUT2D eigenvalue weighted by atomic mass is 35.5. The van der Waals surface area contributed by atoms with Crippen LogP contribution < -0.4 is 5.32 Å². The van der Waals surface area contributed by atoms with E-state index in [-0.39, 0.29) is 17.9 Å². The van der Waals surface area contributed by atoms with E-state index in [2.05, 4.69) is 48.1 Å². The molecule has 0 spiro atoms. The summed E-state index contributed by atoms with van der Waals surface area (Å²) < 4.78 is 0. The van der Waals surface area contributed by atoms with Crippen molar-refractivity contribution in [3.8, 4) is 0 Å². The predicted octanol–water partition coefficient (Wildman–Crippen LogP) is 7.79. The molecule has 1 aromatic heterocycles. The maximum absolute atomic E-state index is 13.9. The monoisotopic (exact) mass is 618 g/mol. The third-order valence-electron chi connectivity index (χ3n) is 8.91. The number of allylic oxidation sites excluding steroid dienone is 4. The highest BCUT2D eigenvalue weighted by Crippen LogP contribution is 2.23. The number of unbranched alkanes of at least 4 members (excludes halogenated alkanes) is 2. The highest BCUT2D eigenvalue weighted by Gasteiger charge is 2.29. The van der Waals surface area contributed by atoms with Crippen LogP contribution >= 0.6 is 11.6 Å². The second kappa shape index (κ2) is 17.5. The molecular formula is C37H51ClN4O2. The van der Waals surface area contributed by atoms with Gasteiger partial charge in [0.25, 0.3) is 11.8 Å². The van der Waals surface area contributed by atoms with Crippen LogP contribution in [0, 0.1) is 11.8 Å². The van der Waals surface area contributed by atoms with Crippen molar-refractivity contribution in [1.82, 2.24) is 20.1 Å². The summed E-state index contributed by atoms with van der Waals surface area (Å²) in [4.78, 5) is 35.9. The molecule has 2 aromatic rings. The van der Waals surface area contributed by atoms with E-state index < -0.39 is 0 Å². The SMILES string of the molecule is CCCCCc1ccc(C(=O)N(Cc2ccc(C(=O)NCCC3C=CC(Cl)=CC3)cc2)C2CCN(CCC(C)C)CC2)nc1. The Labute approximate surface area is 270 Å². The van der Waals surface area contributed by atoms with E-state index in [1.165, 1.54) is 24.8 Å². The van der Waals surface area contributed by atoms with Gasteiger partial charge in [-0.3, -0.25) is 14.6 Å². The number of carbonyl (C=O) groups is 2. The summed E-state index contributed by atoms with van der Waals surface area (Å²) >= 11 is 6.01. The molecule has 2 amide bonds. The van der Waals surface area contributed by atoms with Gasteiger partial charge in [-0.15, -0.1) is 0 Å². The number of halogens is 1. The zero-order valence-corrected chi connectivity index (χ0v) is 27.7. The smallest absolute Gasteiger partial charge is 0.272 e. The Balaban J connectivity index is 1.38. The lowest BCUT2D eigenvalue weighted by Gasteiger charge is -2.38. The van der Waals surface area contributed by atoms with Gasteiger partial charge in [-0.25, -0.2) is 0 Å². The van der Waals surface area contributed by atoms with Crippen molar-refractivity contribution in [1.29, 1.82) is 0 Å². The normalized spacial score (nSPS) is 17.5. The fourth-order valence-corrected chi connectivity index (χ4v) is 6.13. The number of nitrogens with one attached hydrogen (secondary N) is 1. The Kier molecular flexibility index (Phi) is 13.5. The van der Waals surface area contributed by atoms with Crippen LogP contribution in [0.25, 0.3) is 0 Å². The lowest BCUT2D eigenvalue weighted by atomic mass is 9.97. The number of amides is 2. The largest absolute Gasteiger partial charge is 0.352 e. The number of nitrogens with zero attached hydrogens (tertiary/aromatic N) is 3. The molecule has 1 saturated heterocycles. The van der Waals surface area contributed by atoms with E-state index in [0.29, 0.717) is 36.2 Å². The van der Waals surface area contributed by atoms with E-state index in [9.17, 15) is 9.59 Å². The maximum atomic E-state index is 13.9. The summed E-state index contributed by atoms with van der Waals surface area (Å²) in [5.41, 5.74) is 3.34. The minimum atomic E-state index is -0.0742. The fraction of sp³-hybridized carbons (Fsp3) is 0.541. The third-order valence-corrected chi connectivity index (χ3v) is 9.19. The molecule has 1 unspecified atom stereocenters. The van der Waals surface area contributed by atoms with Gasteiger partial charge in [0.1, 0.15) is 5.69 Å². The number of likely N-dealkylation sites (tertiary alicyclic amines) is 1. The molecule has 238 valence electrons. The lowest BCUT2D eigenvalue weighted by Crippen LogP contribution is -2.47. The number of aryl methyl sites for hydroxylation is 1. The molecule has 1 aliphatic carbocycles. The number of benzene rings is 1. The Morgan fingerprint density at radius 3 is 2.45 bits per heavy atom. The summed E-state index contributed by atoms with van der Waals surface area (Å²) in [6.45, 7) is 11.0. The summed E-state index contributed by atoms with van der Waals surface area (Å²) in [6.07, 6.45) is 17.4. The summed E-state index contributed by atoms with van der Waals surface area (Å²) in [5, 5.41) is 3.83. The molecule has 1 fully saturated rings. The highest BCUT2D eigenvalue weighted by molar-refractivity contribution is 6.31. The minimum Gasteiger partial charge on any atom is -0.352 e. The molecule has 4 rings (SSSR count). The van der Waals surface area contributed by atoms with Crippen molar-refractivity contribution >= 4 is 23.4 Å². The average molecular weight is 619 g/mol. The Hall–Kier alpha value is -2.96. The van der Waals surface area contributed by atoms with Crippen molar-refractivity contribution in [2.24, 2.45) is 11.8 Å². The fourth-order valence-electron chi connectivity index (χ4n) is 5.97. The first-order valence-corrected chi connectivity index (χ1v) is 17.1. The summed E-state index contributed by atoms with van der Waals surface area (Å²) in [6, 6.07) is 11.8. The first-order valence-electron chi connectivity index (χ1n) is 16.7. The van der Waals surface area contributed by atoms with Crippen molar-refractivity contribution in [3.63, 3.8) is 0 Å². The number of rotatable bonds is 15. The molecule has 44 heavy (non-hydrogen) atoms. The predicted molar refractivity (Wildman–Crippen MR) is 181 cm³/mol. The van der Waals surface area contributed by atoms with Gasteiger partial charge < -0.3 is 15.1 Å². The van der Waals surface area contributed by atoms with Crippen LogP contribution in [0.4, 0.5) is 0 Å². The molecule has 0 saturated carbocycles. The van der Waals surface area contributed by atoms with Crippen LogP contribution in [-0.2, 0) is 13.0 Å². The Morgan fingerprint density at radius 1 is 1.07 bits per heavy atom. The standard InChI is InChI=1S/C37H51ClN4O2/c1-4-5-6-7-30-12-17-35(40-26-30)37(44)42(34-20-24-41(25-21-34)23-19-28(2)3)27-31-8-13-32(14-9-31)36(43)39-22-18-29-10-15-33(38)16-11-29/h8-10,12-17,26,28-29,34H,4-7,11,18-25,27H2,1-3H3,(H,39,43). The second-order valence-corrected chi connectivity index (χ2v) is 13.3. The van der Waals surface area contributed by atoms with Gasteiger partial charge in [0.2, 0.25) is 0 Å². The number of hydrogen-bond donors (Lipinski definition) is 1. The molecule has 2 aliphatic rings. The van der Waals surface area contributed by atoms with Gasteiger partial charge in [0.05, 0.1) is 0 Å². The van der Waals surface area contributed by atoms with Gasteiger partial charge in [-0.05, 0) is 98.7 Å². The van der Waals surface area contributed by atoms with Crippen LogP contribution in [0.2, 0.25) is 0 Å². The molecule has 0 bridgehead atoms. The number of carbonyl (C=O) groups excluding carboxylic acids is 2. The molecular weight excluding hydrogens is 568 g/mol. The quantitative estimate of drug-likeness (QED) is 0.207. The summed E-state index contributed by atoms with van der Waals surface area (Å²) in [7, 11) is 0. The lowest BCUT2D eigenvalue weighted by molar-refractivity contribution is 0.0540. The number of piperidine rings is 1. The molecule has 1 aliphatic heterocycles. The first kappa shape index (κ1) is 33.9. The average Bonchev–Trinajstić information content (AvgIpc) is 3.04. The minimum absolute atomic E-state index is 0.0135. The third kappa shape index (κ3) is 10.6. The van der Waals surface area contributed by atoms with E-state index in [0.717, 1.165) is 68.8 Å². The van der Waals surface area contributed by atoms with Crippen molar-refractivity contribution in [2.75, 3.05) is 26.2 Å². The van der Waals surface area contributed by atoms with Crippen LogP contribution in [0.15, 0.2) is 65.9 Å². The number of aromatic nitrogens is 1. The van der Waals surface area contributed by atoms with Gasteiger partial charge in [-0.1, -0.05) is 75.6 Å². The van der Waals surface area contributed by atoms with E-state index >= 15 is 0 Å². The Bertz CT molecular complexity index is 1250. The number of pyridine rings is 1. The van der Waals surface area contributed by atoms with Crippen LogP contribution in [0.5, 0.6) is 0 Å².